The molecule has 0 heterocycles. The summed E-state index contributed by atoms with van der Waals surface area (Å²) in [5.74, 6) is 0.458. The van der Waals surface area contributed by atoms with E-state index in [1.54, 1.807) is 0 Å². The van der Waals surface area contributed by atoms with Crippen LogP contribution in [0.1, 0.15) is 13.8 Å². The Balaban J connectivity index is 3.96. The summed E-state index contributed by atoms with van der Waals surface area (Å²) < 4.78 is 0. The van der Waals surface area contributed by atoms with E-state index in [1.165, 1.54) is 0 Å². The quantitative estimate of drug-likeness (QED) is 0.446. The van der Waals surface area contributed by atoms with E-state index < -0.39 is 4.92 Å². The first-order valence-corrected chi connectivity index (χ1v) is 3.53. The largest absolute Gasteiger partial charge is 0.367 e. The molecular formula is C6H13N3O2. The highest BCUT2D eigenvalue weighted by Crippen LogP contribution is 1.82. The molecule has 64 valence electrons. The normalized spacial score (nSPS) is 8.55. The van der Waals surface area contributed by atoms with Gasteiger partial charge in [0.05, 0.1) is 4.92 Å². The third-order valence-corrected chi connectivity index (χ3v) is 0.969. The maximum absolute atomic E-state index is 10.0. The van der Waals surface area contributed by atoms with Gasteiger partial charge in [0.25, 0.3) is 6.20 Å². The lowest BCUT2D eigenvalue weighted by Crippen LogP contribution is -2.26. The van der Waals surface area contributed by atoms with Crippen molar-refractivity contribution in [2.75, 3.05) is 13.1 Å². The van der Waals surface area contributed by atoms with Crippen LogP contribution in [-0.2, 0) is 0 Å². The molecule has 0 fully saturated rings. The van der Waals surface area contributed by atoms with E-state index in [-0.39, 0.29) is 0 Å². The van der Waals surface area contributed by atoms with Crippen molar-refractivity contribution in [2.45, 2.75) is 13.8 Å². The summed E-state index contributed by atoms with van der Waals surface area (Å²) in [6.45, 7) is 5.11. The second kappa shape index (κ2) is 5.52. The Kier molecular flexibility index (Phi) is 4.89. The van der Waals surface area contributed by atoms with Gasteiger partial charge in [-0.15, -0.1) is 0 Å². The van der Waals surface area contributed by atoms with Crippen LogP contribution in [0.3, 0.4) is 0 Å². The Morgan fingerprint density at radius 3 is 2.18 bits per heavy atom. The summed E-state index contributed by atoms with van der Waals surface area (Å²) >= 11 is 0. The Hall–Kier alpha value is -1.26. The van der Waals surface area contributed by atoms with Gasteiger partial charge >= 0.3 is 0 Å². The topological polar surface area (TPSA) is 67.2 Å². The Morgan fingerprint density at radius 2 is 1.91 bits per heavy atom. The molecule has 5 heteroatoms. The van der Waals surface area contributed by atoms with E-state index in [0.717, 1.165) is 6.20 Å². The average Bonchev–Trinajstić information content (AvgIpc) is 1.87. The maximum Gasteiger partial charge on any atom is 0.274 e. The molecular weight excluding hydrogens is 146 g/mol. The molecule has 0 aromatic carbocycles. The monoisotopic (exact) mass is 159 g/mol. The molecule has 0 atom stereocenters. The van der Waals surface area contributed by atoms with Gasteiger partial charge in [0.1, 0.15) is 0 Å². The third kappa shape index (κ3) is 5.20. The highest BCUT2D eigenvalue weighted by molar-refractivity contribution is 4.90. The molecule has 0 aromatic rings. The molecule has 0 radical (unpaired) electrons. The molecule has 0 saturated heterocycles. The molecule has 5 nitrogen and oxygen atoms in total. The van der Waals surface area contributed by atoms with Gasteiger partial charge in [-0.25, -0.2) is 0 Å². The molecule has 0 unspecified atom stereocenters. The average molecular weight is 159 g/mol. The molecule has 0 aromatic heterocycles. The molecule has 0 spiro atoms. The van der Waals surface area contributed by atoms with Crippen molar-refractivity contribution >= 4 is 0 Å². The van der Waals surface area contributed by atoms with E-state index in [9.17, 15) is 10.1 Å². The van der Waals surface area contributed by atoms with Crippen LogP contribution < -0.4 is 10.6 Å². The van der Waals surface area contributed by atoms with E-state index in [1.807, 2.05) is 13.8 Å². The van der Waals surface area contributed by atoms with Gasteiger partial charge in [0, 0.05) is 13.1 Å². The van der Waals surface area contributed by atoms with Crippen LogP contribution >= 0.6 is 0 Å². The van der Waals surface area contributed by atoms with Crippen LogP contribution in [0, 0.1) is 10.1 Å². The SMILES string of the molecule is CCNC(=C[N+](=O)[O-])NCC. The lowest BCUT2D eigenvalue weighted by molar-refractivity contribution is -0.404. The Labute approximate surface area is 65.6 Å². The summed E-state index contributed by atoms with van der Waals surface area (Å²) in [6, 6.07) is 0. The molecule has 0 aliphatic carbocycles. The molecule has 0 aliphatic heterocycles. The zero-order valence-electron chi connectivity index (χ0n) is 6.76. The van der Waals surface area contributed by atoms with Crippen molar-refractivity contribution in [3.8, 4) is 0 Å². The fourth-order valence-electron chi connectivity index (χ4n) is 0.640. The van der Waals surface area contributed by atoms with Crippen molar-refractivity contribution in [3.63, 3.8) is 0 Å². The number of hydrogen-bond acceptors (Lipinski definition) is 4. The van der Waals surface area contributed by atoms with E-state index in [4.69, 9.17) is 0 Å². The smallest absolute Gasteiger partial charge is 0.274 e. The van der Waals surface area contributed by atoms with Gasteiger partial charge in [-0.3, -0.25) is 10.1 Å². The van der Waals surface area contributed by atoms with Gasteiger partial charge < -0.3 is 10.6 Å². The molecule has 0 saturated carbocycles. The summed E-state index contributed by atoms with van der Waals surface area (Å²) in [4.78, 5) is 9.52. The van der Waals surface area contributed by atoms with Gasteiger partial charge in [0.2, 0.25) is 0 Å². The first-order valence-electron chi connectivity index (χ1n) is 3.53. The minimum atomic E-state index is -0.485. The Bertz CT molecular complexity index is 148. The highest BCUT2D eigenvalue weighted by atomic mass is 16.6. The van der Waals surface area contributed by atoms with Gasteiger partial charge in [-0.2, -0.15) is 0 Å². The molecule has 0 bridgehead atoms. The van der Waals surface area contributed by atoms with Crippen LogP contribution in [0.5, 0.6) is 0 Å². The van der Waals surface area contributed by atoms with Crippen LogP contribution in [0.2, 0.25) is 0 Å². The molecule has 2 N–H and O–H groups in total. The fraction of sp³-hybridized carbons (Fsp3) is 0.667. The zero-order valence-corrected chi connectivity index (χ0v) is 6.76. The predicted octanol–water partition coefficient (Wildman–Crippen LogP) is 0.281. The minimum Gasteiger partial charge on any atom is -0.367 e. The summed E-state index contributed by atoms with van der Waals surface area (Å²) in [7, 11) is 0. The molecule has 0 amide bonds. The number of nitrogens with one attached hydrogen (secondary N) is 2. The van der Waals surface area contributed by atoms with Crippen molar-refractivity contribution in [1.82, 2.24) is 10.6 Å². The molecule has 0 rings (SSSR count). The molecule has 11 heavy (non-hydrogen) atoms. The fourth-order valence-corrected chi connectivity index (χ4v) is 0.640. The number of hydrogen-bond donors (Lipinski definition) is 2. The van der Waals surface area contributed by atoms with Crippen LogP contribution in [0.25, 0.3) is 0 Å². The standard InChI is InChI=1S/C6H13N3O2/c1-3-7-6(8-4-2)5-9(10)11/h5,7-8H,3-4H2,1-2H3. The van der Waals surface area contributed by atoms with Crippen LogP contribution in [-0.4, -0.2) is 18.0 Å². The van der Waals surface area contributed by atoms with Crippen molar-refractivity contribution in [3.05, 3.63) is 22.1 Å². The summed E-state index contributed by atoms with van der Waals surface area (Å²) in [5, 5.41) is 15.7. The van der Waals surface area contributed by atoms with Gasteiger partial charge in [-0.1, -0.05) is 0 Å². The Morgan fingerprint density at radius 1 is 1.45 bits per heavy atom. The van der Waals surface area contributed by atoms with E-state index in [0.29, 0.717) is 18.9 Å². The van der Waals surface area contributed by atoms with Crippen LogP contribution in [0.4, 0.5) is 0 Å². The highest BCUT2D eigenvalue weighted by Gasteiger charge is 1.97. The minimum absolute atomic E-state index is 0.458. The lowest BCUT2D eigenvalue weighted by Gasteiger charge is -2.05. The molecule has 0 aliphatic rings. The lowest BCUT2D eigenvalue weighted by atomic mass is 10.6. The second-order valence-electron chi connectivity index (χ2n) is 1.89. The van der Waals surface area contributed by atoms with Crippen molar-refractivity contribution in [2.24, 2.45) is 0 Å². The number of nitro groups is 1. The van der Waals surface area contributed by atoms with Crippen molar-refractivity contribution in [1.29, 1.82) is 0 Å². The summed E-state index contributed by atoms with van der Waals surface area (Å²) in [6.07, 6.45) is 0.924. The van der Waals surface area contributed by atoms with E-state index >= 15 is 0 Å². The number of rotatable bonds is 5. The second-order valence-corrected chi connectivity index (χ2v) is 1.89. The first-order chi connectivity index (χ1) is 5.20. The van der Waals surface area contributed by atoms with Crippen molar-refractivity contribution < 1.29 is 4.92 Å². The van der Waals surface area contributed by atoms with Crippen LogP contribution in [0.15, 0.2) is 12.0 Å². The van der Waals surface area contributed by atoms with Gasteiger partial charge in [-0.05, 0) is 13.8 Å². The first kappa shape index (κ1) is 9.74. The maximum atomic E-state index is 10.0. The third-order valence-electron chi connectivity index (χ3n) is 0.969. The van der Waals surface area contributed by atoms with Gasteiger partial charge in [0.15, 0.2) is 5.82 Å². The van der Waals surface area contributed by atoms with E-state index in [2.05, 4.69) is 10.6 Å². The summed E-state index contributed by atoms with van der Waals surface area (Å²) in [5.41, 5.74) is 0. The number of nitrogens with zero attached hydrogens (tertiary/aromatic N) is 1. The predicted molar refractivity (Wildman–Crippen MR) is 42.4 cm³/mol. The zero-order chi connectivity index (χ0) is 8.69.